The second kappa shape index (κ2) is 5.50. The van der Waals surface area contributed by atoms with E-state index < -0.39 is 12.0 Å². The molecule has 2 rings (SSSR count). The lowest BCUT2D eigenvalue weighted by Gasteiger charge is -2.38. The van der Waals surface area contributed by atoms with E-state index in [-0.39, 0.29) is 30.2 Å². The van der Waals surface area contributed by atoms with Gasteiger partial charge in [-0.05, 0) is 19.3 Å². The molecular formula is C11H13ClF3N3O. The number of rotatable bonds is 4. The molecule has 0 aromatic carbocycles. The van der Waals surface area contributed by atoms with Crippen LogP contribution >= 0.6 is 11.6 Å². The van der Waals surface area contributed by atoms with Gasteiger partial charge in [-0.1, -0.05) is 11.6 Å². The fraction of sp³-hybridized carbons (Fsp3) is 0.636. The first kappa shape index (κ1) is 14.3. The first-order valence-corrected chi connectivity index (χ1v) is 6.29. The lowest BCUT2D eigenvalue weighted by molar-refractivity contribution is -0.144. The zero-order valence-electron chi connectivity index (χ0n) is 9.99. The topological polar surface area (TPSA) is 49.2 Å². The fourth-order valence-corrected chi connectivity index (χ4v) is 2.15. The van der Waals surface area contributed by atoms with Gasteiger partial charge in [-0.3, -0.25) is 0 Å². The summed E-state index contributed by atoms with van der Waals surface area (Å²) in [5.41, 5.74) is 0. The van der Waals surface area contributed by atoms with E-state index in [1.807, 2.05) is 0 Å². The van der Waals surface area contributed by atoms with Gasteiger partial charge in [0.25, 0.3) is 0 Å². The van der Waals surface area contributed by atoms with E-state index in [4.69, 9.17) is 16.7 Å². The number of halogens is 4. The molecule has 0 spiro atoms. The van der Waals surface area contributed by atoms with Gasteiger partial charge in [-0.2, -0.15) is 13.2 Å². The summed E-state index contributed by atoms with van der Waals surface area (Å²) >= 11 is 5.63. The normalized spacial score (nSPS) is 16.3. The lowest BCUT2D eigenvalue weighted by Crippen LogP contribution is -2.42. The Labute approximate surface area is 113 Å². The molecule has 0 saturated heterocycles. The van der Waals surface area contributed by atoms with Crippen molar-refractivity contribution in [2.24, 2.45) is 0 Å². The summed E-state index contributed by atoms with van der Waals surface area (Å²) < 4.78 is 37.9. The van der Waals surface area contributed by atoms with E-state index in [1.165, 1.54) is 6.07 Å². The number of hydrogen-bond donors (Lipinski definition) is 1. The molecule has 1 aromatic rings. The van der Waals surface area contributed by atoms with Crippen molar-refractivity contribution >= 4 is 17.4 Å². The van der Waals surface area contributed by atoms with Crippen LogP contribution in [-0.2, 0) is 6.18 Å². The molecule has 0 unspecified atom stereocenters. The van der Waals surface area contributed by atoms with Crippen LogP contribution in [-0.4, -0.2) is 34.3 Å². The van der Waals surface area contributed by atoms with E-state index in [1.54, 1.807) is 4.90 Å². The first-order valence-electron chi connectivity index (χ1n) is 5.91. The van der Waals surface area contributed by atoms with Gasteiger partial charge in [0.15, 0.2) is 0 Å². The van der Waals surface area contributed by atoms with Crippen LogP contribution in [0, 0.1) is 0 Å². The highest BCUT2D eigenvalue weighted by Gasteiger charge is 2.36. The van der Waals surface area contributed by atoms with Gasteiger partial charge in [-0.15, -0.1) is 0 Å². The summed E-state index contributed by atoms with van der Waals surface area (Å²) in [7, 11) is 0. The number of aromatic nitrogens is 2. The summed E-state index contributed by atoms with van der Waals surface area (Å²) in [6, 6.07) is 1.41. The van der Waals surface area contributed by atoms with Crippen LogP contribution in [0.5, 0.6) is 0 Å². The highest BCUT2D eigenvalue weighted by Crippen LogP contribution is 2.32. The Kier molecular flexibility index (Phi) is 4.15. The Balaban J connectivity index is 2.33. The predicted molar refractivity (Wildman–Crippen MR) is 64.1 cm³/mol. The summed E-state index contributed by atoms with van der Waals surface area (Å²) in [6.07, 6.45) is -1.85. The number of nitrogens with zero attached hydrogens (tertiary/aromatic N) is 3. The summed E-state index contributed by atoms with van der Waals surface area (Å²) in [6.45, 7) is 0.0782. The molecule has 0 amide bonds. The molecule has 1 heterocycles. The highest BCUT2D eigenvalue weighted by atomic mass is 35.5. The Bertz CT molecular complexity index is 451. The van der Waals surface area contributed by atoms with Crippen molar-refractivity contribution in [2.45, 2.75) is 31.5 Å². The van der Waals surface area contributed by atoms with Gasteiger partial charge in [0.1, 0.15) is 11.0 Å². The standard InChI is InChI=1S/C11H13ClF3N3O/c12-8-6-9(17-10(16-8)11(13,14)15)18(4-5-19)7-2-1-3-7/h6-7,19H,1-5H2. The molecule has 0 atom stereocenters. The Morgan fingerprint density at radius 3 is 2.53 bits per heavy atom. The molecule has 1 saturated carbocycles. The van der Waals surface area contributed by atoms with Crippen molar-refractivity contribution in [3.05, 3.63) is 17.0 Å². The van der Waals surface area contributed by atoms with E-state index in [9.17, 15) is 13.2 Å². The molecule has 8 heteroatoms. The first-order chi connectivity index (χ1) is 8.91. The molecule has 0 bridgehead atoms. The summed E-state index contributed by atoms with van der Waals surface area (Å²) in [4.78, 5) is 8.37. The molecule has 1 aromatic heterocycles. The number of alkyl halides is 3. The van der Waals surface area contributed by atoms with Gasteiger partial charge >= 0.3 is 6.18 Å². The molecule has 4 nitrogen and oxygen atoms in total. The van der Waals surface area contributed by atoms with Gasteiger partial charge in [0.05, 0.1) is 6.61 Å². The molecular weight excluding hydrogens is 283 g/mol. The van der Waals surface area contributed by atoms with E-state index in [0.29, 0.717) is 0 Å². The van der Waals surface area contributed by atoms with Crippen molar-refractivity contribution in [3.8, 4) is 0 Å². The molecule has 1 aliphatic carbocycles. The fourth-order valence-electron chi connectivity index (χ4n) is 1.97. The van der Waals surface area contributed by atoms with Crippen LogP contribution in [0.15, 0.2) is 6.07 Å². The second-order valence-corrected chi connectivity index (χ2v) is 4.76. The predicted octanol–water partition coefficient (Wildman–Crippen LogP) is 2.50. The average Bonchev–Trinajstić information content (AvgIpc) is 2.24. The number of hydrogen-bond acceptors (Lipinski definition) is 4. The van der Waals surface area contributed by atoms with Crippen molar-refractivity contribution in [1.82, 2.24) is 9.97 Å². The maximum Gasteiger partial charge on any atom is 0.451 e. The third-order valence-corrected chi connectivity index (χ3v) is 3.28. The minimum Gasteiger partial charge on any atom is -0.395 e. The molecule has 19 heavy (non-hydrogen) atoms. The van der Waals surface area contributed by atoms with Gasteiger partial charge in [-0.25, -0.2) is 9.97 Å². The highest BCUT2D eigenvalue weighted by molar-refractivity contribution is 6.29. The number of aliphatic hydroxyl groups is 1. The van der Waals surface area contributed by atoms with E-state index in [0.717, 1.165) is 19.3 Å². The van der Waals surface area contributed by atoms with Crippen molar-refractivity contribution < 1.29 is 18.3 Å². The molecule has 1 fully saturated rings. The van der Waals surface area contributed by atoms with E-state index >= 15 is 0 Å². The van der Waals surface area contributed by atoms with Crippen LogP contribution < -0.4 is 4.90 Å². The monoisotopic (exact) mass is 295 g/mol. The van der Waals surface area contributed by atoms with Crippen LogP contribution in [0.1, 0.15) is 25.1 Å². The quantitative estimate of drug-likeness (QED) is 0.867. The van der Waals surface area contributed by atoms with Gasteiger partial charge < -0.3 is 10.0 Å². The summed E-state index contributed by atoms with van der Waals surface area (Å²) in [5.74, 6) is -1.14. The maximum absolute atomic E-state index is 12.6. The number of aliphatic hydroxyl groups excluding tert-OH is 1. The molecule has 106 valence electrons. The molecule has 1 N–H and O–H groups in total. The third-order valence-electron chi connectivity index (χ3n) is 3.09. The third kappa shape index (κ3) is 3.27. The van der Waals surface area contributed by atoms with E-state index in [2.05, 4.69) is 9.97 Å². The Morgan fingerprint density at radius 2 is 2.05 bits per heavy atom. The Hall–Kier alpha value is -1.08. The van der Waals surface area contributed by atoms with Crippen LogP contribution in [0.4, 0.5) is 19.0 Å². The van der Waals surface area contributed by atoms with Crippen molar-refractivity contribution in [3.63, 3.8) is 0 Å². The maximum atomic E-state index is 12.6. The van der Waals surface area contributed by atoms with Crippen LogP contribution in [0.3, 0.4) is 0 Å². The lowest BCUT2D eigenvalue weighted by atomic mass is 9.91. The molecule has 0 radical (unpaired) electrons. The minimum absolute atomic E-state index is 0.110. The minimum atomic E-state index is -4.63. The zero-order valence-corrected chi connectivity index (χ0v) is 10.7. The van der Waals surface area contributed by atoms with Crippen LogP contribution in [0.2, 0.25) is 5.15 Å². The zero-order chi connectivity index (χ0) is 14.0. The van der Waals surface area contributed by atoms with Gasteiger partial charge in [0, 0.05) is 18.7 Å². The van der Waals surface area contributed by atoms with Gasteiger partial charge in [0.2, 0.25) is 5.82 Å². The average molecular weight is 296 g/mol. The summed E-state index contributed by atoms with van der Waals surface area (Å²) in [5, 5.41) is 8.77. The largest absolute Gasteiger partial charge is 0.451 e. The smallest absolute Gasteiger partial charge is 0.395 e. The second-order valence-electron chi connectivity index (χ2n) is 4.37. The SMILES string of the molecule is OCCN(c1cc(Cl)nc(C(F)(F)F)n1)C1CCC1. The van der Waals surface area contributed by atoms with Crippen LogP contribution in [0.25, 0.3) is 0 Å². The van der Waals surface area contributed by atoms with Crippen molar-refractivity contribution in [2.75, 3.05) is 18.1 Å². The molecule has 0 aliphatic heterocycles. The number of anilines is 1. The Morgan fingerprint density at radius 1 is 1.37 bits per heavy atom. The molecule has 1 aliphatic rings. The van der Waals surface area contributed by atoms with Crippen molar-refractivity contribution in [1.29, 1.82) is 0 Å².